The van der Waals surface area contributed by atoms with Gasteiger partial charge >= 0.3 is 5.69 Å². The van der Waals surface area contributed by atoms with Crippen LogP contribution in [-0.2, 0) is 0 Å². The van der Waals surface area contributed by atoms with Gasteiger partial charge in [0.25, 0.3) is 0 Å². The lowest BCUT2D eigenvalue weighted by molar-refractivity contribution is 0.623. The summed E-state index contributed by atoms with van der Waals surface area (Å²) in [5, 5.41) is 0.447. The van der Waals surface area contributed by atoms with Crippen LogP contribution in [0.5, 0.6) is 0 Å². The molecule has 7 heteroatoms. The van der Waals surface area contributed by atoms with Gasteiger partial charge in [0.1, 0.15) is 17.8 Å². The molecule has 0 N–H and O–H groups in total. The Morgan fingerprint density at radius 1 is 0.958 bits per heavy atom. The maximum atomic E-state index is 13.5. The van der Waals surface area contributed by atoms with E-state index in [4.69, 9.17) is 0 Å². The predicted octanol–water partition coefficient (Wildman–Crippen LogP) is 2.96. The summed E-state index contributed by atoms with van der Waals surface area (Å²) in [6, 6.07) is 1.30. The second-order valence-electron chi connectivity index (χ2n) is 6.24. The normalized spacial score (nSPS) is 11.6. The van der Waals surface area contributed by atoms with Crippen molar-refractivity contribution in [3.8, 4) is 5.69 Å². The van der Waals surface area contributed by atoms with Crippen LogP contribution >= 0.6 is 0 Å². The van der Waals surface area contributed by atoms with E-state index in [0.29, 0.717) is 16.7 Å². The average Bonchev–Trinajstić information content (AvgIpc) is 2.54. The van der Waals surface area contributed by atoms with Gasteiger partial charge in [-0.2, -0.15) is 0 Å². The summed E-state index contributed by atoms with van der Waals surface area (Å²) in [5.41, 5.74) is 1.91. The molecule has 0 radical (unpaired) electrons. The number of hydrogen-bond acceptors (Lipinski definition) is 5. The Balaban J connectivity index is 2.48. The van der Waals surface area contributed by atoms with E-state index < -0.39 is 11.5 Å². The number of nitrogens with zero attached hydrogens (tertiary/aromatic N) is 5. The van der Waals surface area contributed by atoms with Crippen LogP contribution in [0.1, 0.15) is 50.9 Å². The van der Waals surface area contributed by atoms with E-state index >= 15 is 0 Å². The molecule has 3 rings (SSSR count). The molecular formula is C17H18FN5O. The second kappa shape index (κ2) is 6.07. The quantitative estimate of drug-likeness (QED) is 0.739. The molecule has 3 aromatic heterocycles. The molecule has 124 valence electrons. The molecule has 0 saturated carbocycles. The summed E-state index contributed by atoms with van der Waals surface area (Å²) >= 11 is 0. The van der Waals surface area contributed by atoms with Crippen molar-refractivity contribution in [2.75, 3.05) is 0 Å². The van der Waals surface area contributed by atoms with Gasteiger partial charge in [0.2, 0.25) is 0 Å². The van der Waals surface area contributed by atoms with Gasteiger partial charge in [-0.3, -0.25) is 0 Å². The fourth-order valence-corrected chi connectivity index (χ4v) is 2.69. The zero-order chi connectivity index (χ0) is 17.4. The lowest BCUT2D eigenvalue weighted by Crippen LogP contribution is -2.25. The maximum Gasteiger partial charge on any atom is 0.353 e. The van der Waals surface area contributed by atoms with Gasteiger partial charge in [-0.05, 0) is 17.9 Å². The number of fused-ring (bicyclic) bond motifs is 1. The number of hydrogen-bond donors (Lipinski definition) is 0. The molecule has 6 nitrogen and oxygen atoms in total. The highest BCUT2D eigenvalue weighted by molar-refractivity contribution is 5.76. The van der Waals surface area contributed by atoms with E-state index in [-0.39, 0.29) is 11.8 Å². The van der Waals surface area contributed by atoms with Crippen molar-refractivity contribution in [3.63, 3.8) is 0 Å². The molecule has 0 atom stereocenters. The van der Waals surface area contributed by atoms with Crippen molar-refractivity contribution in [1.82, 2.24) is 24.5 Å². The third-order valence-corrected chi connectivity index (χ3v) is 3.78. The molecule has 0 fully saturated rings. The molecule has 0 bridgehead atoms. The van der Waals surface area contributed by atoms with Gasteiger partial charge < -0.3 is 0 Å². The molecule has 0 aliphatic carbocycles. The van der Waals surface area contributed by atoms with Crippen LogP contribution < -0.4 is 5.69 Å². The van der Waals surface area contributed by atoms with Crippen molar-refractivity contribution < 1.29 is 4.39 Å². The van der Waals surface area contributed by atoms with Crippen molar-refractivity contribution in [3.05, 3.63) is 52.5 Å². The Bertz CT molecular complexity index is 939. The zero-order valence-electron chi connectivity index (χ0n) is 14.0. The number of aromatic nitrogens is 5. The molecule has 0 spiro atoms. The second-order valence-corrected chi connectivity index (χ2v) is 6.24. The van der Waals surface area contributed by atoms with Crippen LogP contribution in [0.15, 0.2) is 29.6 Å². The van der Waals surface area contributed by atoms with Crippen molar-refractivity contribution >= 4 is 11.0 Å². The van der Waals surface area contributed by atoms with Crippen LogP contribution in [-0.4, -0.2) is 24.5 Å². The van der Waals surface area contributed by atoms with E-state index in [0.717, 1.165) is 17.6 Å². The Hall–Kier alpha value is -2.70. The van der Waals surface area contributed by atoms with Gasteiger partial charge in [0.05, 0.1) is 23.3 Å². The van der Waals surface area contributed by atoms with Crippen LogP contribution in [0.3, 0.4) is 0 Å². The third-order valence-electron chi connectivity index (χ3n) is 3.78. The lowest BCUT2D eigenvalue weighted by atomic mass is 10.0. The van der Waals surface area contributed by atoms with Crippen LogP contribution in [0, 0.1) is 5.82 Å². The Kier molecular flexibility index (Phi) is 4.09. The van der Waals surface area contributed by atoms with E-state index in [1.807, 2.05) is 27.7 Å². The van der Waals surface area contributed by atoms with Gasteiger partial charge in [0, 0.05) is 11.6 Å². The van der Waals surface area contributed by atoms with Crippen molar-refractivity contribution in [2.45, 2.75) is 39.5 Å². The predicted molar refractivity (Wildman–Crippen MR) is 88.9 cm³/mol. The van der Waals surface area contributed by atoms with E-state index in [1.165, 1.54) is 23.2 Å². The van der Waals surface area contributed by atoms with E-state index in [9.17, 15) is 9.18 Å². The first-order chi connectivity index (χ1) is 11.4. The van der Waals surface area contributed by atoms with Gasteiger partial charge in [-0.25, -0.2) is 33.7 Å². The smallest absolute Gasteiger partial charge is 0.245 e. The molecule has 0 amide bonds. The fraction of sp³-hybridized carbons (Fsp3) is 0.353. The van der Waals surface area contributed by atoms with Crippen LogP contribution in [0.2, 0.25) is 0 Å². The Morgan fingerprint density at radius 3 is 2.17 bits per heavy atom. The van der Waals surface area contributed by atoms with E-state index in [1.54, 1.807) is 0 Å². The molecule has 3 aromatic rings. The number of rotatable bonds is 3. The summed E-state index contributed by atoms with van der Waals surface area (Å²) in [5.74, 6) is -0.335. The molecule has 0 aliphatic heterocycles. The highest BCUT2D eigenvalue weighted by Gasteiger charge is 2.21. The highest BCUT2D eigenvalue weighted by atomic mass is 19.1. The first kappa shape index (κ1) is 16.2. The molecule has 0 aromatic carbocycles. The Labute approximate surface area is 138 Å². The molecule has 0 aliphatic rings. The van der Waals surface area contributed by atoms with Gasteiger partial charge in [-0.15, -0.1) is 0 Å². The zero-order valence-corrected chi connectivity index (χ0v) is 14.0. The fourth-order valence-electron chi connectivity index (χ4n) is 2.69. The summed E-state index contributed by atoms with van der Waals surface area (Å²) < 4.78 is 14.9. The maximum absolute atomic E-state index is 13.5. The van der Waals surface area contributed by atoms with E-state index in [2.05, 4.69) is 19.9 Å². The molecule has 0 saturated heterocycles. The van der Waals surface area contributed by atoms with Crippen LogP contribution in [0.25, 0.3) is 16.7 Å². The van der Waals surface area contributed by atoms with Gasteiger partial charge in [-0.1, -0.05) is 27.7 Å². The lowest BCUT2D eigenvalue weighted by Gasteiger charge is -2.19. The molecular weight excluding hydrogens is 309 g/mol. The molecule has 3 heterocycles. The monoisotopic (exact) mass is 327 g/mol. The third kappa shape index (κ3) is 2.66. The van der Waals surface area contributed by atoms with Crippen LogP contribution in [0.4, 0.5) is 4.39 Å². The number of halogens is 1. The topological polar surface area (TPSA) is 73.6 Å². The van der Waals surface area contributed by atoms with Gasteiger partial charge in [0.15, 0.2) is 0 Å². The minimum absolute atomic E-state index is 0.0723. The summed E-state index contributed by atoms with van der Waals surface area (Å²) in [6.07, 6.45) is 3.93. The number of pyridine rings is 1. The van der Waals surface area contributed by atoms with Crippen molar-refractivity contribution in [1.29, 1.82) is 0 Å². The summed E-state index contributed by atoms with van der Waals surface area (Å²) in [7, 11) is 0. The molecule has 0 unspecified atom stereocenters. The van der Waals surface area contributed by atoms with Crippen molar-refractivity contribution in [2.24, 2.45) is 0 Å². The SMILES string of the molecule is CC(C)c1ncnc(C(C)C)c1-n1c(=O)ncc2cc(F)cnc21. The summed E-state index contributed by atoms with van der Waals surface area (Å²) in [4.78, 5) is 29.2. The minimum atomic E-state index is -0.486. The highest BCUT2D eigenvalue weighted by Crippen LogP contribution is 2.28. The largest absolute Gasteiger partial charge is 0.353 e. The minimum Gasteiger partial charge on any atom is -0.245 e. The standard InChI is InChI=1S/C17H18FN5O/c1-9(2)13-15(14(10(3)4)22-8-21-13)23-16-11(6-20-17(23)24)5-12(18)7-19-16/h5-10H,1-4H3. The summed E-state index contributed by atoms with van der Waals surface area (Å²) in [6.45, 7) is 7.97. The molecule has 24 heavy (non-hydrogen) atoms. The average molecular weight is 327 g/mol. The first-order valence-corrected chi connectivity index (χ1v) is 7.78. The Morgan fingerprint density at radius 2 is 1.58 bits per heavy atom. The first-order valence-electron chi connectivity index (χ1n) is 7.78.